The van der Waals surface area contributed by atoms with Crippen molar-refractivity contribution >= 4 is 35.7 Å². The van der Waals surface area contributed by atoms with Crippen molar-refractivity contribution in [2.75, 3.05) is 27.8 Å². The van der Waals surface area contributed by atoms with Crippen LogP contribution in [-0.4, -0.2) is 66.6 Å². The highest BCUT2D eigenvalue weighted by molar-refractivity contribution is 6.33. The van der Waals surface area contributed by atoms with Crippen LogP contribution in [0.15, 0.2) is 90.1 Å². The second-order valence-electron chi connectivity index (χ2n) is 14.1. The molecule has 0 bridgehead atoms. The van der Waals surface area contributed by atoms with Crippen LogP contribution in [0.3, 0.4) is 0 Å². The molecular weight excluding hydrogens is 701 g/mol. The summed E-state index contributed by atoms with van der Waals surface area (Å²) in [6.45, 7) is 7.16. The molecule has 1 aliphatic rings. The lowest BCUT2D eigenvalue weighted by Crippen LogP contribution is -2.50. The summed E-state index contributed by atoms with van der Waals surface area (Å²) in [6, 6.07) is 21.0. The van der Waals surface area contributed by atoms with Crippen LogP contribution in [0.25, 0.3) is 11.3 Å². The molecule has 1 aromatic heterocycles. The van der Waals surface area contributed by atoms with Crippen LogP contribution in [0.2, 0.25) is 5.02 Å². The molecule has 1 aliphatic heterocycles. The van der Waals surface area contributed by atoms with Crippen molar-refractivity contribution in [3.8, 4) is 17.0 Å². The van der Waals surface area contributed by atoms with Gasteiger partial charge in [0.1, 0.15) is 24.8 Å². The fraction of sp³-hybridized carbons (Fsp3) is 0.325. The molecule has 0 spiro atoms. The monoisotopic (exact) mass is 743 g/mol. The zero-order valence-electron chi connectivity index (χ0n) is 30.8. The van der Waals surface area contributed by atoms with E-state index in [0.29, 0.717) is 21.8 Å². The van der Waals surface area contributed by atoms with Crippen LogP contribution in [-0.2, 0) is 26.4 Å². The highest BCUT2D eigenvalue weighted by Gasteiger charge is 2.55. The van der Waals surface area contributed by atoms with Crippen molar-refractivity contribution in [2.24, 2.45) is 10.4 Å². The van der Waals surface area contributed by atoms with E-state index in [1.807, 2.05) is 52.0 Å². The predicted octanol–water partition coefficient (Wildman–Crippen LogP) is 8.05. The lowest BCUT2D eigenvalue weighted by Gasteiger charge is -2.35. The average Bonchev–Trinajstić information content (AvgIpc) is 3.37. The van der Waals surface area contributed by atoms with Crippen LogP contribution in [0.1, 0.15) is 55.5 Å². The van der Waals surface area contributed by atoms with Crippen LogP contribution in [0, 0.1) is 18.2 Å². The Labute approximate surface area is 313 Å². The van der Waals surface area contributed by atoms with Gasteiger partial charge in [-0.25, -0.2) is 19.0 Å². The molecule has 3 amide bonds. The Bertz CT molecular complexity index is 2020. The molecule has 0 unspecified atom stereocenters. The van der Waals surface area contributed by atoms with E-state index in [4.69, 9.17) is 30.8 Å². The smallest absolute Gasteiger partial charge is 0.414 e. The van der Waals surface area contributed by atoms with Crippen molar-refractivity contribution in [2.45, 2.75) is 52.3 Å². The molecule has 2 atom stereocenters. The molecule has 11 nitrogen and oxygen atoms in total. The van der Waals surface area contributed by atoms with Crippen molar-refractivity contribution < 1.29 is 33.0 Å². The number of hydrogen-bond acceptors (Lipinski definition) is 8. The summed E-state index contributed by atoms with van der Waals surface area (Å²) in [5.74, 6) is -1.36. The number of guanidine groups is 1. The molecular formula is C40H43ClFN5O6. The number of benzene rings is 3. The number of rotatable bonds is 10. The number of carbonyl (C=O) groups is 3. The fourth-order valence-electron chi connectivity index (χ4n) is 6.22. The van der Waals surface area contributed by atoms with Gasteiger partial charge in [0.2, 0.25) is 5.96 Å². The largest absolute Gasteiger partial charge is 0.497 e. The van der Waals surface area contributed by atoms with Gasteiger partial charge in [-0.05, 0) is 65.8 Å². The number of nitrogens with one attached hydrogen (secondary N) is 1. The minimum Gasteiger partial charge on any atom is -0.497 e. The van der Waals surface area contributed by atoms with Crippen molar-refractivity contribution in [3.05, 3.63) is 118 Å². The fourth-order valence-corrected chi connectivity index (χ4v) is 6.42. The van der Waals surface area contributed by atoms with E-state index in [9.17, 15) is 9.59 Å². The SMILES string of the molecule is COc1ccc([C@@]2(CC(C)(C)C)N=C(NC(=O)OCc3ccccc3)N([C@H](COC(=O)N(C)C)c3ccc(Cl)c(-c4ncccc4C)c3)C2=O)c(F)c1. The number of nitrogens with zero attached hydrogens (tertiary/aromatic N) is 4. The van der Waals surface area contributed by atoms with Gasteiger partial charge in [-0.3, -0.25) is 20.0 Å². The van der Waals surface area contributed by atoms with Gasteiger partial charge in [0.05, 0.1) is 18.8 Å². The Morgan fingerprint density at radius 2 is 1.75 bits per heavy atom. The number of halogens is 2. The molecule has 0 fully saturated rings. The zero-order chi connectivity index (χ0) is 38.5. The van der Waals surface area contributed by atoms with Crippen LogP contribution < -0.4 is 10.1 Å². The van der Waals surface area contributed by atoms with Crippen molar-refractivity contribution in [1.29, 1.82) is 0 Å². The molecule has 278 valence electrons. The van der Waals surface area contributed by atoms with E-state index in [2.05, 4.69) is 10.3 Å². The normalized spacial score (nSPS) is 16.1. The van der Waals surface area contributed by atoms with Gasteiger partial charge in [-0.15, -0.1) is 0 Å². The molecule has 0 aliphatic carbocycles. The lowest BCUT2D eigenvalue weighted by molar-refractivity contribution is -0.135. The molecule has 0 radical (unpaired) electrons. The van der Waals surface area contributed by atoms with Gasteiger partial charge in [0.25, 0.3) is 5.91 Å². The molecule has 0 saturated heterocycles. The van der Waals surface area contributed by atoms with Crippen LogP contribution >= 0.6 is 11.6 Å². The lowest BCUT2D eigenvalue weighted by atomic mass is 9.75. The Hall–Kier alpha value is -5.49. The van der Waals surface area contributed by atoms with E-state index in [-0.39, 0.29) is 36.9 Å². The number of aliphatic imine (C=N–C) groups is 1. The first-order valence-corrected chi connectivity index (χ1v) is 17.3. The van der Waals surface area contributed by atoms with E-state index >= 15 is 9.18 Å². The Morgan fingerprint density at radius 1 is 1.02 bits per heavy atom. The molecule has 1 N–H and O–H groups in total. The van der Waals surface area contributed by atoms with Gasteiger partial charge in [0, 0.05) is 42.5 Å². The Morgan fingerprint density at radius 3 is 2.40 bits per heavy atom. The Kier molecular flexibility index (Phi) is 11.7. The maximum Gasteiger partial charge on any atom is 0.414 e. The highest BCUT2D eigenvalue weighted by Crippen LogP contribution is 2.46. The molecule has 13 heteroatoms. The second-order valence-corrected chi connectivity index (χ2v) is 14.5. The Balaban J connectivity index is 1.69. The molecule has 4 aromatic rings. The topological polar surface area (TPSA) is 123 Å². The summed E-state index contributed by atoms with van der Waals surface area (Å²) in [6.07, 6.45) is 0.0990. The standard InChI is InChI=1S/C40H43ClFN5O6/c1-25-12-11-19-43-34(25)29-20-27(15-18-31(29)41)33(23-53-38(50)46(5)6)47-35(48)40(24-39(2,3)4,30-17-16-28(51-7)21-32(30)42)45-36(47)44-37(49)52-22-26-13-9-8-10-14-26/h8-21,33H,22-24H2,1-7H3,(H,44,45,49)/t33-,40-/m1/s1. The number of ether oxygens (including phenoxy) is 3. The van der Waals surface area contributed by atoms with Crippen LogP contribution in [0.4, 0.5) is 14.0 Å². The minimum absolute atomic E-state index is 0.0254. The van der Waals surface area contributed by atoms with E-state index in [1.54, 1.807) is 48.7 Å². The highest BCUT2D eigenvalue weighted by atomic mass is 35.5. The number of aryl methyl sites for hydroxylation is 1. The summed E-state index contributed by atoms with van der Waals surface area (Å²) in [5, 5.41) is 3.06. The predicted molar refractivity (Wildman–Crippen MR) is 200 cm³/mol. The third kappa shape index (κ3) is 8.77. The van der Waals surface area contributed by atoms with Gasteiger partial charge >= 0.3 is 12.2 Å². The van der Waals surface area contributed by atoms with E-state index in [0.717, 1.165) is 11.1 Å². The van der Waals surface area contributed by atoms with Crippen molar-refractivity contribution in [3.63, 3.8) is 0 Å². The first-order chi connectivity index (χ1) is 25.1. The number of carbonyl (C=O) groups excluding carboxylic acids is 3. The van der Waals surface area contributed by atoms with Gasteiger partial charge in [-0.2, -0.15) is 0 Å². The summed E-state index contributed by atoms with van der Waals surface area (Å²) in [4.78, 5) is 53.5. The molecule has 53 heavy (non-hydrogen) atoms. The molecule has 3 aromatic carbocycles. The van der Waals surface area contributed by atoms with Gasteiger partial charge in [-0.1, -0.05) is 74.8 Å². The third-order valence-electron chi connectivity index (χ3n) is 8.61. The number of amides is 3. The molecule has 0 saturated carbocycles. The number of pyridine rings is 1. The summed E-state index contributed by atoms with van der Waals surface area (Å²) in [5.41, 5.74) is 0.751. The van der Waals surface area contributed by atoms with Crippen LogP contribution in [0.5, 0.6) is 5.75 Å². The quantitative estimate of drug-likeness (QED) is 0.174. The summed E-state index contributed by atoms with van der Waals surface area (Å²) < 4.78 is 32.7. The zero-order valence-corrected chi connectivity index (χ0v) is 31.5. The first-order valence-electron chi connectivity index (χ1n) is 16.9. The van der Waals surface area contributed by atoms with Gasteiger partial charge in [0.15, 0.2) is 5.54 Å². The number of aromatic nitrogens is 1. The maximum absolute atomic E-state index is 16.2. The first kappa shape index (κ1) is 38.7. The number of alkyl carbamates (subject to hydrolysis) is 1. The average molecular weight is 744 g/mol. The van der Waals surface area contributed by atoms with E-state index in [1.165, 1.54) is 43.1 Å². The molecule has 2 heterocycles. The number of methoxy groups -OCH3 is 1. The minimum atomic E-state index is -1.87. The van der Waals surface area contributed by atoms with E-state index < -0.39 is 40.9 Å². The second kappa shape index (κ2) is 16.0. The number of hydrogen-bond donors (Lipinski definition) is 1. The third-order valence-corrected chi connectivity index (χ3v) is 8.94. The molecule has 5 rings (SSSR count). The van der Waals surface area contributed by atoms with Crippen molar-refractivity contribution in [1.82, 2.24) is 20.1 Å². The maximum atomic E-state index is 16.2. The summed E-state index contributed by atoms with van der Waals surface area (Å²) >= 11 is 6.73. The summed E-state index contributed by atoms with van der Waals surface area (Å²) in [7, 11) is 4.47. The van der Waals surface area contributed by atoms with Gasteiger partial charge < -0.3 is 19.1 Å².